The van der Waals surface area contributed by atoms with Gasteiger partial charge < -0.3 is 5.32 Å². The summed E-state index contributed by atoms with van der Waals surface area (Å²) >= 11 is 0. The molecule has 1 atom stereocenters. The van der Waals surface area contributed by atoms with Gasteiger partial charge in [-0.1, -0.05) is 84.9 Å². The van der Waals surface area contributed by atoms with E-state index in [4.69, 9.17) is 0 Å². The molecule has 0 bridgehead atoms. The summed E-state index contributed by atoms with van der Waals surface area (Å²) in [6, 6.07) is 28.6. The van der Waals surface area contributed by atoms with Gasteiger partial charge in [0.05, 0.1) is 12.0 Å². The van der Waals surface area contributed by atoms with Crippen LogP contribution in [-0.4, -0.2) is 5.91 Å². The minimum atomic E-state index is -0.282. The van der Waals surface area contributed by atoms with Crippen LogP contribution in [0.1, 0.15) is 40.6 Å². The van der Waals surface area contributed by atoms with Crippen molar-refractivity contribution in [1.82, 2.24) is 5.32 Å². The zero-order valence-corrected chi connectivity index (χ0v) is 14.1. The van der Waals surface area contributed by atoms with Crippen molar-refractivity contribution in [3.63, 3.8) is 0 Å². The fourth-order valence-corrected chi connectivity index (χ4v) is 3.75. The predicted molar refractivity (Wildman–Crippen MR) is 100 cm³/mol. The lowest BCUT2D eigenvalue weighted by atomic mass is 9.90. The van der Waals surface area contributed by atoms with Crippen molar-refractivity contribution in [1.29, 1.82) is 0 Å². The molecule has 4 rings (SSSR count). The van der Waals surface area contributed by atoms with E-state index in [1.807, 2.05) is 60.7 Å². The maximum atomic E-state index is 13.2. The molecule has 3 aromatic carbocycles. The monoisotopic (exact) mass is 327 g/mol. The van der Waals surface area contributed by atoms with Crippen LogP contribution in [0.2, 0.25) is 0 Å². The number of aryl methyl sites for hydroxylation is 1. The largest absolute Gasteiger partial charge is 0.348 e. The van der Waals surface area contributed by atoms with Gasteiger partial charge in [0.15, 0.2) is 0 Å². The molecule has 1 aliphatic carbocycles. The number of rotatable bonds is 4. The van der Waals surface area contributed by atoms with Gasteiger partial charge in [0.25, 0.3) is 0 Å². The lowest BCUT2D eigenvalue weighted by molar-refractivity contribution is -0.122. The number of carbonyl (C=O) groups excluding carboxylic acids is 1. The molecule has 3 aromatic rings. The molecule has 0 aliphatic heterocycles. The lowest BCUT2D eigenvalue weighted by Crippen LogP contribution is -2.32. The van der Waals surface area contributed by atoms with Gasteiger partial charge >= 0.3 is 0 Å². The number of benzene rings is 3. The van der Waals surface area contributed by atoms with Crippen molar-refractivity contribution in [2.75, 3.05) is 0 Å². The number of amides is 1. The molecule has 0 saturated carbocycles. The highest BCUT2D eigenvalue weighted by atomic mass is 16.1. The van der Waals surface area contributed by atoms with Crippen LogP contribution in [0.15, 0.2) is 84.9 Å². The molecule has 1 N–H and O–H groups in total. The van der Waals surface area contributed by atoms with Gasteiger partial charge in [-0.05, 0) is 35.1 Å². The summed E-state index contributed by atoms with van der Waals surface area (Å²) in [6.45, 7) is 0. The highest BCUT2D eigenvalue weighted by Gasteiger charge is 2.28. The van der Waals surface area contributed by atoms with Crippen LogP contribution in [0.4, 0.5) is 0 Å². The summed E-state index contributed by atoms with van der Waals surface area (Å²) in [7, 11) is 0. The highest BCUT2D eigenvalue weighted by Crippen LogP contribution is 2.32. The van der Waals surface area contributed by atoms with Gasteiger partial charge in [-0.2, -0.15) is 0 Å². The smallest absolute Gasteiger partial charge is 0.232 e. The Morgan fingerprint density at radius 2 is 1.36 bits per heavy atom. The Kier molecular flexibility index (Phi) is 4.34. The standard InChI is InChI=1S/C23H21NO/c25-23(24-21-16-15-17-9-7-8-14-20(17)21)22(18-10-3-1-4-11-18)19-12-5-2-6-13-19/h1-14,21-22H,15-16H2,(H,24,25)/t21-/m1/s1. The predicted octanol–water partition coefficient (Wildman–Crippen LogP) is 4.62. The number of fused-ring (bicyclic) bond motifs is 1. The Balaban J connectivity index is 1.63. The Hall–Kier alpha value is -2.87. The summed E-state index contributed by atoms with van der Waals surface area (Å²) in [5.74, 6) is -0.214. The van der Waals surface area contributed by atoms with Crippen LogP contribution in [0.25, 0.3) is 0 Å². The van der Waals surface area contributed by atoms with Crippen LogP contribution in [0.3, 0.4) is 0 Å². The molecular weight excluding hydrogens is 306 g/mol. The van der Waals surface area contributed by atoms with E-state index in [0.29, 0.717) is 0 Å². The number of hydrogen-bond donors (Lipinski definition) is 1. The second kappa shape index (κ2) is 6.94. The summed E-state index contributed by atoms with van der Waals surface area (Å²) in [6.07, 6.45) is 2.00. The molecule has 0 radical (unpaired) electrons. The fourth-order valence-electron chi connectivity index (χ4n) is 3.75. The van der Waals surface area contributed by atoms with Crippen LogP contribution in [-0.2, 0) is 11.2 Å². The van der Waals surface area contributed by atoms with E-state index in [9.17, 15) is 4.79 Å². The molecule has 0 saturated heterocycles. The quantitative estimate of drug-likeness (QED) is 0.744. The molecular formula is C23H21NO. The van der Waals surface area contributed by atoms with Gasteiger partial charge in [-0.15, -0.1) is 0 Å². The summed E-state index contributed by atoms with van der Waals surface area (Å²) in [4.78, 5) is 13.2. The molecule has 124 valence electrons. The number of hydrogen-bond acceptors (Lipinski definition) is 1. The zero-order chi connectivity index (χ0) is 17.1. The van der Waals surface area contributed by atoms with Crippen LogP contribution in [0, 0.1) is 0 Å². The van der Waals surface area contributed by atoms with E-state index in [1.165, 1.54) is 11.1 Å². The Morgan fingerprint density at radius 3 is 2.00 bits per heavy atom. The second-order valence-corrected chi connectivity index (χ2v) is 6.55. The van der Waals surface area contributed by atoms with E-state index < -0.39 is 0 Å². The zero-order valence-electron chi connectivity index (χ0n) is 14.1. The van der Waals surface area contributed by atoms with Gasteiger partial charge in [0.1, 0.15) is 0 Å². The topological polar surface area (TPSA) is 29.1 Å². The van der Waals surface area contributed by atoms with Crippen molar-refractivity contribution >= 4 is 5.91 Å². The first-order valence-corrected chi connectivity index (χ1v) is 8.81. The molecule has 0 heterocycles. The third-order valence-electron chi connectivity index (χ3n) is 4.98. The third kappa shape index (κ3) is 3.20. The Bertz CT molecular complexity index is 818. The normalized spacial score (nSPS) is 15.8. The second-order valence-electron chi connectivity index (χ2n) is 6.55. The van der Waals surface area contributed by atoms with E-state index in [1.54, 1.807) is 0 Å². The van der Waals surface area contributed by atoms with Crippen molar-refractivity contribution in [3.8, 4) is 0 Å². The summed E-state index contributed by atoms with van der Waals surface area (Å²) < 4.78 is 0. The van der Waals surface area contributed by atoms with E-state index in [2.05, 4.69) is 29.6 Å². The number of nitrogens with one attached hydrogen (secondary N) is 1. The molecule has 25 heavy (non-hydrogen) atoms. The first-order chi connectivity index (χ1) is 12.3. The number of carbonyl (C=O) groups is 1. The van der Waals surface area contributed by atoms with Crippen molar-refractivity contribution in [2.45, 2.75) is 24.8 Å². The third-order valence-corrected chi connectivity index (χ3v) is 4.98. The Labute approximate surface area is 148 Å². The first kappa shape index (κ1) is 15.6. The minimum absolute atomic E-state index is 0.0686. The molecule has 0 fully saturated rings. The fraction of sp³-hybridized carbons (Fsp3) is 0.174. The molecule has 1 aliphatic rings. The van der Waals surface area contributed by atoms with Crippen molar-refractivity contribution in [2.24, 2.45) is 0 Å². The highest BCUT2D eigenvalue weighted by molar-refractivity contribution is 5.87. The molecule has 1 amide bonds. The summed E-state index contributed by atoms with van der Waals surface area (Å²) in [5, 5.41) is 3.29. The molecule has 2 heteroatoms. The molecule has 0 unspecified atom stereocenters. The van der Waals surface area contributed by atoms with Gasteiger partial charge in [0, 0.05) is 0 Å². The van der Waals surface area contributed by atoms with Gasteiger partial charge in [-0.25, -0.2) is 0 Å². The van der Waals surface area contributed by atoms with Crippen LogP contribution < -0.4 is 5.32 Å². The SMILES string of the molecule is O=C(N[C@@H]1CCc2ccccc21)C(c1ccccc1)c1ccccc1. The molecule has 2 nitrogen and oxygen atoms in total. The van der Waals surface area contributed by atoms with Crippen LogP contribution >= 0.6 is 0 Å². The van der Waals surface area contributed by atoms with E-state index >= 15 is 0 Å². The maximum absolute atomic E-state index is 13.2. The lowest BCUT2D eigenvalue weighted by Gasteiger charge is -2.21. The van der Waals surface area contributed by atoms with Crippen molar-refractivity contribution in [3.05, 3.63) is 107 Å². The average Bonchev–Trinajstić information content (AvgIpc) is 3.07. The minimum Gasteiger partial charge on any atom is -0.348 e. The summed E-state index contributed by atoms with van der Waals surface area (Å²) in [5.41, 5.74) is 4.66. The first-order valence-electron chi connectivity index (χ1n) is 8.81. The Morgan fingerprint density at radius 1 is 0.800 bits per heavy atom. The maximum Gasteiger partial charge on any atom is 0.232 e. The van der Waals surface area contributed by atoms with Gasteiger partial charge in [0.2, 0.25) is 5.91 Å². The van der Waals surface area contributed by atoms with Crippen molar-refractivity contribution < 1.29 is 4.79 Å². The average molecular weight is 327 g/mol. The van der Waals surface area contributed by atoms with Crippen LogP contribution in [0.5, 0.6) is 0 Å². The van der Waals surface area contributed by atoms with Gasteiger partial charge in [-0.3, -0.25) is 4.79 Å². The molecule has 0 spiro atoms. The van der Waals surface area contributed by atoms with E-state index in [0.717, 1.165) is 24.0 Å². The molecule has 0 aromatic heterocycles. The van der Waals surface area contributed by atoms with E-state index in [-0.39, 0.29) is 17.9 Å².